The molecule has 1 nitrogen and oxygen atoms in total. The summed E-state index contributed by atoms with van der Waals surface area (Å²) in [7, 11) is 0. The van der Waals surface area contributed by atoms with Crippen molar-refractivity contribution in [3.63, 3.8) is 0 Å². The summed E-state index contributed by atoms with van der Waals surface area (Å²) in [5.41, 5.74) is 2.88. The molecule has 1 aromatic carbocycles. The Morgan fingerprint density at radius 1 is 1.13 bits per heavy atom. The van der Waals surface area contributed by atoms with E-state index in [0.717, 1.165) is 12.2 Å². The van der Waals surface area contributed by atoms with E-state index in [1.165, 1.54) is 34.9 Å². The number of ether oxygens (including phenoxy) is 1. The molecule has 2 rings (SSSR count). The topological polar surface area (TPSA) is 9.23 Å². The highest BCUT2D eigenvalue weighted by Gasteiger charge is 2.17. The van der Waals surface area contributed by atoms with Gasteiger partial charge in [0.2, 0.25) is 0 Å². The Hall–Kier alpha value is -0.500. The van der Waals surface area contributed by atoms with Crippen molar-refractivity contribution >= 4 is 15.9 Å². The van der Waals surface area contributed by atoms with E-state index in [9.17, 15) is 0 Å². The fourth-order valence-corrected chi connectivity index (χ4v) is 2.72. The van der Waals surface area contributed by atoms with Gasteiger partial charge in [0.25, 0.3) is 0 Å². The van der Waals surface area contributed by atoms with Gasteiger partial charge in [-0.15, -0.1) is 0 Å². The minimum absolute atomic E-state index is 0.261. The van der Waals surface area contributed by atoms with Gasteiger partial charge >= 0.3 is 0 Å². The largest absolute Gasteiger partial charge is 0.491 e. The first kappa shape index (κ1) is 11.0. The molecule has 0 spiro atoms. The van der Waals surface area contributed by atoms with Crippen LogP contribution >= 0.6 is 15.9 Å². The molecule has 0 saturated carbocycles. The van der Waals surface area contributed by atoms with Gasteiger partial charge in [-0.1, -0.05) is 15.9 Å². The number of hydrogen-bond acceptors (Lipinski definition) is 1. The van der Waals surface area contributed by atoms with Gasteiger partial charge in [0.1, 0.15) is 5.75 Å². The number of halogens is 1. The summed E-state index contributed by atoms with van der Waals surface area (Å²) in [5.74, 6) is 1.09. The summed E-state index contributed by atoms with van der Waals surface area (Å²) in [6, 6.07) is 4.20. The normalized spacial score (nSPS) is 15.2. The lowest BCUT2D eigenvalue weighted by Crippen LogP contribution is -2.11. The zero-order chi connectivity index (χ0) is 10.8. The summed E-state index contributed by atoms with van der Waals surface area (Å²) in [5, 5.41) is 0. The second kappa shape index (κ2) is 4.56. The fourth-order valence-electron chi connectivity index (χ4n) is 2.16. The van der Waals surface area contributed by atoms with Crippen LogP contribution in [-0.4, -0.2) is 6.10 Å². The van der Waals surface area contributed by atoms with Crippen LogP contribution in [0.4, 0.5) is 0 Å². The molecule has 0 aromatic heterocycles. The molecule has 0 aliphatic heterocycles. The quantitative estimate of drug-likeness (QED) is 0.784. The molecule has 0 radical (unpaired) electrons. The molecule has 1 aliphatic carbocycles. The lowest BCUT2D eigenvalue weighted by molar-refractivity contribution is 0.239. The van der Waals surface area contributed by atoms with Crippen LogP contribution in [0.3, 0.4) is 0 Å². The third-order valence-electron chi connectivity index (χ3n) is 2.80. The Labute approximate surface area is 100.0 Å². The van der Waals surface area contributed by atoms with Crippen LogP contribution in [0, 0.1) is 0 Å². The van der Waals surface area contributed by atoms with Crippen LogP contribution in [0.2, 0.25) is 0 Å². The molecule has 0 bridgehead atoms. The number of rotatable bonds is 2. The molecule has 0 heterocycles. The van der Waals surface area contributed by atoms with Gasteiger partial charge < -0.3 is 4.74 Å². The first-order chi connectivity index (χ1) is 7.18. The van der Waals surface area contributed by atoms with Crippen molar-refractivity contribution in [3.8, 4) is 5.75 Å². The number of hydrogen-bond donors (Lipinski definition) is 0. The van der Waals surface area contributed by atoms with Gasteiger partial charge in [0.05, 0.1) is 6.10 Å². The van der Waals surface area contributed by atoms with E-state index in [1.807, 2.05) is 0 Å². The average molecular weight is 269 g/mol. The molecule has 0 saturated heterocycles. The zero-order valence-electron chi connectivity index (χ0n) is 9.35. The lowest BCUT2D eigenvalue weighted by Gasteiger charge is -2.22. The first-order valence-corrected chi connectivity index (χ1v) is 6.44. The van der Waals surface area contributed by atoms with E-state index in [4.69, 9.17) is 4.74 Å². The van der Waals surface area contributed by atoms with Gasteiger partial charge in [-0.3, -0.25) is 0 Å². The Morgan fingerprint density at radius 3 is 2.47 bits per heavy atom. The van der Waals surface area contributed by atoms with E-state index in [-0.39, 0.29) is 6.10 Å². The van der Waals surface area contributed by atoms with Crippen molar-refractivity contribution in [2.45, 2.75) is 45.6 Å². The van der Waals surface area contributed by atoms with Crippen molar-refractivity contribution in [1.82, 2.24) is 0 Å². The monoisotopic (exact) mass is 268 g/mol. The van der Waals surface area contributed by atoms with Gasteiger partial charge in [-0.2, -0.15) is 0 Å². The molecule has 1 aliphatic rings. The van der Waals surface area contributed by atoms with Crippen LogP contribution in [0.25, 0.3) is 0 Å². The van der Waals surface area contributed by atoms with Gasteiger partial charge in [-0.05, 0) is 62.8 Å². The van der Waals surface area contributed by atoms with E-state index in [0.29, 0.717) is 0 Å². The molecular formula is C13H17BrO. The van der Waals surface area contributed by atoms with Crippen LogP contribution in [-0.2, 0) is 12.8 Å². The predicted molar refractivity (Wildman–Crippen MR) is 66.5 cm³/mol. The van der Waals surface area contributed by atoms with Crippen LogP contribution in [0.1, 0.15) is 37.8 Å². The Balaban J connectivity index is 2.39. The van der Waals surface area contributed by atoms with E-state index < -0.39 is 0 Å². The van der Waals surface area contributed by atoms with Gasteiger partial charge in [0.15, 0.2) is 0 Å². The van der Waals surface area contributed by atoms with Crippen LogP contribution < -0.4 is 4.74 Å². The molecule has 2 heteroatoms. The molecule has 0 atom stereocenters. The first-order valence-electron chi connectivity index (χ1n) is 5.65. The Morgan fingerprint density at radius 2 is 1.80 bits per heavy atom. The lowest BCUT2D eigenvalue weighted by atomic mass is 9.91. The van der Waals surface area contributed by atoms with E-state index in [1.54, 1.807) is 0 Å². The summed E-state index contributed by atoms with van der Waals surface area (Å²) >= 11 is 3.63. The summed E-state index contributed by atoms with van der Waals surface area (Å²) in [4.78, 5) is 0. The van der Waals surface area contributed by atoms with Crippen molar-refractivity contribution in [3.05, 3.63) is 27.7 Å². The molecule has 0 fully saturated rings. The molecular weight excluding hydrogens is 252 g/mol. The average Bonchev–Trinajstić information content (AvgIpc) is 2.22. The third-order valence-corrected chi connectivity index (χ3v) is 3.54. The molecule has 15 heavy (non-hydrogen) atoms. The third kappa shape index (κ3) is 2.36. The number of benzene rings is 1. The standard InChI is InChI=1S/C13H17BrO/c1-9(2)15-13-8-7-12(14)10-5-3-4-6-11(10)13/h7-9H,3-6H2,1-2H3. The molecule has 82 valence electrons. The summed E-state index contributed by atoms with van der Waals surface area (Å²) in [6.07, 6.45) is 5.20. The van der Waals surface area contributed by atoms with E-state index in [2.05, 4.69) is 41.9 Å². The van der Waals surface area contributed by atoms with E-state index >= 15 is 0 Å². The van der Waals surface area contributed by atoms with Gasteiger partial charge in [-0.25, -0.2) is 0 Å². The van der Waals surface area contributed by atoms with Crippen molar-refractivity contribution in [2.24, 2.45) is 0 Å². The fraction of sp³-hybridized carbons (Fsp3) is 0.538. The number of fused-ring (bicyclic) bond motifs is 1. The zero-order valence-corrected chi connectivity index (χ0v) is 10.9. The minimum atomic E-state index is 0.261. The maximum absolute atomic E-state index is 5.85. The SMILES string of the molecule is CC(C)Oc1ccc(Br)c2c1CCCC2. The Bertz CT molecular complexity index is 358. The maximum Gasteiger partial charge on any atom is 0.123 e. The van der Waals surface area contributed by atoms with Crippen LogP contribution in [0.5, 0.6) is 5.75 Å². The summed E-state index contributed by atoms with van der Waals surface area (Å²) in [6.45, 7) is 4.16. The molecule has 0 amide bonds. The second-order valence-electron chi connectivity index (χ2n) is 4.38. The van der Waals surface area contributed by atoms with Crippen molar-refractivity contribution in [1.29, 1.82) is 0 Å². The molecule has 0 N–H and O–H groups in total. The second-order valence-corrected chi connectivity index (χ2v) is 5.23. The smallest absolute Gasteiger partial charge is 0.123 e. The van der Waals surface area contributed by atoms with Crippen molar-refractivity contribution < 1.29 is 4.74 Å². The Kier molecular flexibility index (Phi) is 3.35. The van der Waals surface area contributed by atoms with Crippen molar-refractivity contribution in [2.75, 3.05) is 0 Å². The highest BCUT2D eigenvalue weighted by molar-refractivity contribution is 9.10. The predicted octanol–water partition coefficient (Wildman–Crippen LogP) is 4.12. The molecule has 0 unspecified atom stereocenters. The maximum atomic E-state index is 5.85. The summed E-state index contributed by atoms with van der Waals surface area (Å²) < 4.78 is 7.09. The van der Waals surface area contributed by atoms with Gasteiger partial charge in [0, 0.05) is 4.47 Å². The minimum Gasteiger partial charge on any atom is -0.491 e. The molecule has 1 aromatic rings. The van der Waals surface area contributed by atoms with Crippen LogP contribution in [0.15, 0.2) is 16.6 Å². The highest BCUT2D eigenvalue weighted by atomic mass is 79.9. The highest BCUT2D eigenvalue weighted by Crippen LogP contribution is 2.35.